The number of pyridine rings is 2. The topological polar surface area (TPSA) is 751 Å². The van der Waals surface area contributed by atoms with Crippen molar-refractivity contribution in [3.63, 3.8) is 0 Å². The zero-order valence-electron chi connectivity index (χ0n) is 70.2. The van der Waals surface area contributed by atoms with E-state index in [0.29, 0.717) is 39.4 Å². The van der Waals surface area contributed by atoms with Gasteiger partial charge in [-0.3, -0.25) is 89.3 Å². The molecule has 0 aromatic carbocycles. The van der Waals surface area contributed by atoms with Crippen LogP contribution in [0.15, 0.2) is 92.3 Å². The van der Waals surface area contributed by atoms with E-state index in [1.54, 1.807) is 23.1 Å². The molecule has 24 heterocycles. The quantitative estimate of drug-likeness (QED) is 0.0723. The average Bonchev–Trinajstić information content (AvgIpc) is 1.56. The molecule has 0 radical (unpaired) electrons. The predicted molar refractivity (Wildman–Crippen MR) is 483 cm³/mol. The summed E-state index contributed by atoms with van der Waals surface area (Å²) in [5, 5.41) is 0. The molecule has 21 N–H and O–H groups in total. The van der Waals surface area contributed by atoms with Crippen LogP contribution in [0.1, 0.15) is 31.1 Å². The number of aromatic nitrogens is 18. The molecule has 10 aromatic heterocycles. The fourth-order valence-corrected chi connectivity index (χ4v) is 26.9. The van der Waals surface area contributed by atoms with E-state index in [9.17, 15) is 43.7 Å². The smallest absolute Gasteiger partial charge is 0.325 e. The Bertz CT molecular complexity index is 7120. The normalized spacial score (nSPS) is 40.5. The number of fused-ring (bicyclic) bond motifs is 12. The number of imidazole rings is 5. The van der Waals surface area contributed by atoms with Crippen LogP contribution >= 0.6 is 40.3 Å². The number of ether oxygens (including phenoxy) is 9. The van der Waals surface area contributed by atoms with Crippen molar-refractivity contribution >= 4 is 209 Å². The molecule has 0 amide bonds. The van der Waals surface area contributed by atoms with E-state index in [-0.39, 0.29) is 71.2 Å². The molecule has 758 valence electrons. The highest BCUT2D eigenvalue weighted by molar-refractivity contribution is 8.08. The predicted octanol–water partition coefficient (Wildman–Crippen LogP) is -0.698. The van der Waals surface area contributed by atoms with E-state index in [2.05, 4.69) is 74.8 Å². The second-order valence-corrected chi connectivity index (χ2v) is 50.3. The van der Waals surface area contributed by atoms with Gasteiger partial charge in [0, 0.05) is 24.3 Å². The third-order valence-electron chi connectivity index (χ3n) is 24.9. The van der Waals surface area contributed by atoms with Crippen molar-refractivity contribution in [3.05, 3.63) is 99.0 Å². The molecule has 8 unspecified atom stereocenters. The van der Waals surface area contributed by atoms with Gasteiger partial charge < -0.3 is 138 Å². The molecule has 29 atom stereocenters. The minimum atomic E-state index is -4.57. The minimum absolute atomic E-state index is 0.190. The molecule has 0 aliphatic carbocycles. The standard InChI is InChI=1S/C22H25F2N9O10P2S2.2C22H23F2N9O10P2S2/c3*23-22(24)9-3-38-44(35,46)42-13-12-18(32-6-28-10-8(25)1-2-27-15(10)32)41-21(13,4-37-12)5-39-45(36,47)43-14(22)19(40-9)33-7-29-11-16(33)30-20(26)31-17(11)34/h1-2,6-7,9-10,12-15,18-19H,3-5,25H2,(H,35,46)(H,36,47)(H3,26,30,31,34);2*1-2,6-7,9,12-14,18-19H,3-5H2,(H2,25,27)(H,35,46)(H,36,47)(H3,26,30,31,34)/t9-,10?,12-,13+,14+,15?,18-,19-,21-,44?,45?;2*9-,12-,13+,14+,18-,19-,21-,44?,45?/m111/s1. The lowest BCUT2D eigenvalue weighted by Gasteiger charge is -2.37. The fraction of sp³-hybridized carbons (Fsp3) is 0.530. The lowest BCUT2D eigenvalue weighted by atomic mass is 10.0. The Morgan fingerprint density at radius 2 is 0.688 bits per heavy atom. The molecule has 14 aliphatic rings. The van der Waals surface area contributed by atoms with Crippen molar-refractivity contribution in [3.8, 4) is 0 Å². The van der Waals surface area contributed by atoms with Gasteiger partial charge in [-0.05, 0) is 89.0 Å². The summed E-state index contributed by atoms with van der Waals surface area (Å²) in [6.07, 6.45) is -15.4. The summed E-state index contributed by atoms with van der Waals surface area (Å²) in [6, 6.07) is 2.66. The van der Waals surface area contributed by atoms with Crippen molar-refractivity contribution in [2.45, 2.75) is 157 Å². The number of nitrogens with zero attached hydrogens (tertiary/aromatic N) is 18. The number of alkyl halides is 6. The van der Waals surface area contributed by atoms with Crippen molar-refractivity contribution in [2.75, 3.05) is 88.1 Å². The third kappa shape index (κ3) is 16.9. The van der Waals surface area contributed by atoms with Crippen LogP contribution in [0.2, 0.25) is 0 Å². The number of halogens is 6. The molecule has 10 aromatic rings. The highest BCUT2D eigenvalue weighted by atomic mass is 32.5. The van der Waals surface area contributed by atoms with Crippen LogP contribution in [0.25, 0.3) is 55.8 Å². The molecule has 12 saturated heterocycles. The molecule has 12 bridgehead atoms. The SMILES string of the molecule is NC1=CC=NC2C1N=CN2[C@@H]1O[C@@]23CO[C@@H]1[C@@H]2OP(O)(=S)OC[C@H]1O[C@@H](n2cnc4c(=O)[nH]c(N)nc42)[C@H](OP(O)(=S)OC3)C1(F)F.Nc1nc2c(ncn2[C@@H]2O[C@@H]3COP(O)(=S)O[C@H]4[C@H]5OC[C@]4(COP(O)(=S)O[C@@H]2C3(F)F)O[C@H]5n2cnc3c(N)ccnc32)c(=O)[nH]1.Nc1nc2c(ncn2[C@@H]2O[C@@H]3COP(O)(=S)O[C@H]4[C@H]5OC[C@]4(COP(O)(=S)O[C@@H]2C3(F)F)O[C@H]5n2cnc3c(N)ccnc32)c(=O)[nH]1. The van der Waals surface area contributed by atoms with Crippen molar-refractivity contribution in [1.29, 1.82) is 0 Å². The molecule has 75 heteroatoms. The van der Waals surface area contributed by atoms with Gasteiger partial charge >= 0.3 is 58.1 Å². The van der Waals surface area contributed by atoms with E-state index in [4.69, 9.17) is 202 Å². The summed E-state index contributed by atoms with van der Waals surface area (Å²) in [5.41, 5.74) is 29.4. The summed E-state index contributed by atoms with van der Waals surface area (Å²) in [4.78, 5) is 162. The number of hydrogen-bond acceptors (Lipinski definition) is 49. The Balaban J connectivity index is 0.000000121. The number of hydrogen-bond donors (Lipinski definition) is 15. The highest BCUT2D eigenvalue weighted by Crippen LogP contribution is 2.65. The van der Waals surface area contributed by atoms with Gasteiger partial charge in [0.1, 0.15) is 70.5 Å². The van der Waals surface area contributed by atoms with Crippen LogP contribution < -0.4 is 51.1 Å². The van der Waals surface area contributed by atoms with Crippen LogP contribution in [0.4, 0.5) is 55.6 Å². The lowest BCUT2D eigenvalue weighted by Crippen LogP contribution is -2.52. The number of nitrogen functional groups attached to an aromatic ring is 5. The van der Waals surface area contributed by atoms with Gasteiger partial charge in [-0.25, -0.2) is 61.2 Å². The lowest BCUT2D eigenvalue weighted by molar-refractivity contribution is -0.195. The van der Waals surface area contributed by atoms with Gasteiger partial charge in [0.05, 0.1) is 109 Å². The second-order valence-electron chi connectivity index (χ2n) is 33.6. The van der Waals surface area contributed by atoms with Crippen LogP contribution in [0.3, 0.4) is 0 Å². The Kier molecular flexibility index (Phi) is 24.2. The van der Waals surface area contributed by atoms with Gasteiger partial charge in [0.2, 0.25) is 17.8 Å². The number of rotatable bonds is 6. The maximum absolute atomic E-state index is 16.0. The molecular weight excluding hydrogens is 2140 g/mol. The van der Waals surface area contributed by atoms with E-state index in [1.807, 2.05) is 0 Å². The summed E-state index contributed by atoms with van der Waals surface area (Å²) < 4.78 is 223. The Hall–Kier alpha value is -7.63. The first-order valence-electron chi connectivity index (χ1n) is 41.1. The third-order valence-corrected chi connectivity index (χ3v) is 34.1. The van der Waals surface area contributed by atoms with Gasteiger partial charge in [0.15, 0.2) is 125 Å². The molecule has 24 rings (SSSR count). The summed E-state index contributed by atoms with van der Waals surface area (Å²) in [6.45, 7) is -32.2. The van der Waals surface area contributed by atoms with E-state index >= 15 is 26.3 Å². The van der Waals surface area contributed by atoms with Crippen molar-refractivity contribution in [2.24, 2.45) is 15.7 Å². The van der Waals surface area contributed by atoms with Crippen molar-refractivity contribution < 1.29 is 153 Å². The van der Waals surface area contributed by atoms with Gasteiger partial charge in [-0.1, -0.05) is 0 Å². The summed E-state index contributed by atoms with van der Waals surface area (Å²) >= 11 is 31.3. The van der Waals surface area contributed by atoms with Crippen LogP contribution in [0, 0.1) is 0 Å². The fourth-order valence-electron chi connectivity index (χ4n) is 18.4. The van der Waals surface area contributed by atoms with E-state index < -0.39 is 254 Å². The highest BCUT2D eigenvalue weighted by Gasteiger charge is 2.73. The van der Waals surface area contributed by atoms with Crippen molar-refractivity contribution in [1.82, 2.24) is 92.5 Å². The summed E-state index contributed by atoms with van der Waals surface area (Å²) in [5.74, 6) is -12.8. The number of anilines is 5. The molecule has 141 heavy (non-hydrogen) atoms. The van der Waals surface area contributed by atoms with Crippen LogP contribution in [-0.2, 0) is 168 Å². The Morgan fingerprint density at radius 3 is 1.04 bits per heavy atom. The van der Waals surface area contributed by atoms with Crippen LogP contribution in [0.5, 0.6) is 0 Å². The van der Waals surface area contributed by atoms with E-state index in [1.165, 1.54) is 46.7 Å². The maximum atomic E-state index is 16.0. The number of aliphatic imine (C=N–C) groups is 2. The molecule has 14 aliphatic heterocycles. The summed E-state index contributed by atoms with van der Waals surface area (Å²) in [7, 11) is 0. The molecule has 0 saturated carbocycles. The number of dihydropyridines is 1. The first-order valence-corrected chi connectivity index (χ1v) is 56.6. The number of aromatic amines is 3. The second kappa shape index (κ2) is 34.8. The zero-order chi connectivity index (χ0) is 99.3. The van der Waals surface area contributed by atoms with Crippen LogP contribution in [-0.4, -0.2) is 320 Å². The van der Waals surface area contributed by atoms with E-state index in [0.717, 1.165) is 32.7 Å². The molecule has 57 nitrogen and oxygen atoms in total. The molecule has 12 fully saturated rings. The first-order chi connectivity index (χ1) is 66.5. The zero-order valence-corrected chi connectivity index (χ0v) is 80.5. The monoisotopic (exact) mass is 2210 g/mol. The number of H-pyrrole nitrogens is 3. The maximum Gasteiger partial charge on any atom is 0.325 e. The van der Waals surface area contributed by atoms with Gasteiger partial charge in [-0.15, -0.1) is 0 Å². The number of nitrogens with two attached hydrogens (primary N) is 6. The number of allylic oxidation sites excluding steroid dienone is 1. The number of nitrogens with one attached hydrogen (secondary N) is 3. The molecule has 0 spiro atoms. The Morgan fingerprint density at radius 1 is 0.383 bits per heavy atom. The van der Waals surface area contributed by atoms with Gasteiger partial charge in [0.25, 0.3) is 16.7 Å². The van der Waals surface area contributed by atoms with Gasteiger partial charge in [-0.2, -0.15) is 15.0 Å². The Labute approximate surface area is 809 Å². The average molecular weight is 2210 g/mol. The largest absolute Gasteiger partial charge is 0.400 e. The first kappa shape index (κ1) is 98.1. The minimum Gasteiger partial charge on any atom is -0.400 e. The molecular formula is C66H71F6N27O30P6S6.